The van der Waals surface area contributed by atoms with Crippen molar-refractivity contribution in [2.75, 3.05) is 0 Å². The van der Waals surface area contributed by atoms with Gasteiger partial charge < -0.3 is 4.42 Å². The molecule has 2 heterocycles. The summed E-state index contributed by atoms with van der Waals surface area (Å²) in [6.07, 6.45) is 1.87. The van der Waals surface area contributed by atoms with Crippen LogP contribution < -0.4 is 0 Å². The van der Waals surface area contributed by atoms with Gasteiger partial charge >= 0.3 is 0 Å². The first-order valence-electron chi connectivity index (χ1n) is 15.8. The quantitative estimate of drug-likeness (QED) is 0.198. The smallest absolute Gasteiger partial charge is 0.149 e. The van der Waals surface area contributed by atoms with Crippen LogP contribution in [0.2, 0.25) is 0 Å². The lowest BCUT2D eigenvalue weighted by Gasteiger charge is -2.26. The Bertz CT molecular complexity index is 2260. The normalized spacial score (nSPS) is 11.8. The van der Waals surface area contributed by atoms with Gasteiger partial charge in [0.2, 0.25) is 0 Å². The van der Waals surface area contributed by atoms with E-state index < -0.39 is 0 Å². The van der Waals surface area contributed by atoms with Crippen LogP contribution in [0.25, 0.3) is 72.5 Å². The molecule has 0 unspecified atom stereocenters. The molecule has 0 aliphatic carbocycles. The van der Waals surface area contributed by atoms with Gasteiger partial charge in [-0.05, 0) is 69.6 Å². The van der Waals surface area contributed by atoms with E-state index in [1.807, 2.05) is 12.3 Å². The average molecular weight is 595 g/mol. The van der Waals surface area contributed by atoms with E-state index in [0.717, 1.165) is 72.5 Å². The fourth-order valence-electron chi connectivity index (χ4n) is 6.43. The minimum absolute atomic E-state index is 0.0529. The fraction of sp³-hybridized carbons (Fsp3) is 0.0930. The second kappa shape index (κ2) is 11.0. The first-order valence-corrected chi connectivity index (χ1v) is 15.8. The largest absolute Gasteiger partial charge is 0.464 e. The highest BCUT2D eigenvalue weighted by Crippen LogP contribution is 2.44. The Balaban J connectivity index is 1.46. The van der Waals surface area contributed by atoms with Crippen molar-refractivity contribution in [1.29, 1.82) is 0 Å². The summed E-state index contributed by atoms with van der Waals surface area (Å²) in [6, 6.07) is 51.5. The van der Waals surface area contributed by atoms with Crippen LogP contribution in [0.1, 0.15) is 26.3 Å². The molecule has 0 aliphatic heterocycles. The van der Waals surface area contributed by atoms with Gasteiger partial charge in [-0.15, -0.1) is 0 Å². The molecule has 0 aliphatic rings. The van der Waals surface area contributed by atoms with Crippen molar-refractivity contribution in [2.45, 2.75) is 26.2 Å². The Hall–Kier alpha value is -5.67. The lowest BCUT2D eigenvalue weighted by molar-refractivity contribution is 0.590. The molecule has 0 fully saturated rings. The monoisotopic (exact) mass is 594 g/mol. The van der Waals surface area contributed by atoms with E-state index in [9.17, 15) is 0 Å². The summed E-state index contributed by atoms with van der Waals surface area (Å²) < 4.78 is 8.64. The van der Waals surface area contributed by atoms with Crippen LogP contribution in [0.5, 0.6) is 0 Å². The second-order valence-electron chi connectivity index (χ2n) is 12.9. The minimum Gasteiger partial charge on any atom is -0.464 e. The zero-order valence-electron chi connectivity index (χ0n) is 26.2. The average Bonchev–Trinajstić information content (AvgIpc) is 3.69. The predicted octanol–water partition coefficient (Wildman–Crippen LogP) is 11.7. The summed E-state index contributed by atoms with van der Waals surface area (Å²) in [7, 11) is 0. The summed E-state index contributed by atoms with van der Waals surface area (Å²) >= 11 is 0. The molecule has 0 N–H and O–H groups in total. The number of aromatic nitrogens is 2. The molecule has 0 saturated heterocycles. The van der Waals surface area contributed by atoms with Gasteiger partial charge in [-0.25, -0.2) is 4.98 Å². The minimum atomic E-state index is -0.0529. The second-order valence-corrected chi connectivity index (χ2v) is 12.9. The number of nitrogens with zero attached hydrogens (tertiary/aromatic N) is 2. The first-order chi connectivity index (χ1) is 22.5. The van der Waals surface area contributed by atoms with E-state index in [-0.39, 0.29) is 5.41 Å². The van der Waals surface area contributed by atoms with Gasteiger partial charge in [-0.2, -0.15) is 0 Å². The van der Waals surface area contributed by atoms with Crippen LogP contribution in [0, 0.1) is 0 Å². The third-order valence-corrected chi connectivity index (χ3v) is 8.85. The van der Waals surface area contributed by atoms with Gasteiger partial charge in [-0.3, -0.25) is 4.57 Å². The molecule has 46 heavy (non-hydrogen) atoms. The molecule has 222 valence electrons. The van der Waals surface area contributed by atoms with E-state index in [1.165, 1.54) is 5.56 Å². The van der Waals surface area contributed by atoms with E-state index in [1.54, 1.807) is 0 Å². The number of furan rings is 1. The van der Waals surface area contributed by atoms with Crippen molar-refractivity contribution < 1.29 is 4.42 Å². The Kier molecular flexibility index (Phi) is 6.69. The molecular formula is C43H34N2O. The molecule has 3 heteroatoms. The van der Waals surface area contributed by atoms with Crippen molar-refractivity contribution in [3.05, 3.63) is 157 Å². The molecular weight excluding hydrogens is 560 g/mol. The van der Waals surface area contributed by atoms with Crippen LogP contribution in [-0.4, -0.2) is 9.55 Å². The maximum absolute atomic E-state index is 6.29. The highest BCUT2D eigenvalue weighted by atomic mass is 16.3. The lowest BCUT2D eigenvalue weighted by Crippen LogP contribution is -2.13. The number of fused-ring (bicyclic) bond motifs is 2. The molecule has 0 saturated carbocycles. The van der Waals surface area contributed by atoms with Crippen molar-refractivity contribution in [1.82, 2.24) is 9.55 Å². The lowest BCUT2D eigenvalue weighted by atomic mass is 9.82. The Labute approximate surface area is 269 Å². The standard InChI is InChI=1S/C43H34N2O/c1-43(2,3)33-26-35(30-17-9-5-10-18-30)41(36(27-33)31-19-11-6-12-20-31)45-39-22-14-13-21-38(39)44-42(45)37-28-46-40-25-32(23-24-34(37)40)29-15-7-4-8-16-29/h4-28H,1-3H3. The molecule has 3 nitrogen and oxygen atoms in total. The van der Waals surface area contributed by atoms with Crippen LogP contribution in [0.15, 0.2) is 156 Å². The maximum atomic E-state index is 6.29. The van der Waals surface area contributed by atoms with Gasteiger partial charge in [-0.1, -0.05) is 130 Å². The van der Waals surface area contributed by atoms with E-state index >= 15 is 0 Å². The number of benzene rings is 6. The van der Waals surface area contributed by atoms with Crippen molar-refractivity contribution in [3.63, 3.8) is 0 Å². The molecule has 0 amide bonds. The van der Waals surface area contributed by atoms with Crippen molar-refractivity contribution >= 4 is 22.0 Å². The number of imidazole rings is 1. The van der Waals surface area contributed by atoms with Crippen LogP contribution in [0.4, 0.5) is 0 Å². The number of para-hydroxylation sites is 2. The molecule has 0 atom stereocenters. The van der Waals surface area contributed by atoms with E-state index in [2.05, 4.69) is 165 Å². The highest BCUT2D eigenvalue weighted by molar-refractivity contribution is 5.99. The van der Waals surface area contributed by atoms with Crippen LogP contribution >= 0.6 is 0 Å². The number of rotatable bonds is 5. The summed E-state index contributed by atoms with van der Waals surface area (Å²) in [5.74, 6) is 0.852. The highest BCUT2D eigenvalue weighted by Gasteiger charge is 2.26. The Morgan fingerprint density at radius 1 is 0.543 bits per heavy atom. The molecule has 8 rings (SSSR count). The predicted molar refractivity (Wildman–Crippen MR) is 191 cm³/mol. The molecule has 0 bridgehead atoms. The molecule has 0 radical (unpaired) electrons. The Morgan fingerprint density at radius 2 is 1.11 bits per heavy atom. The third kappa shape index (κ3) is 4.81. The summed E-state index contributed by atoms with van der Waals surface area (Å²) in [5, 5.41) is 1.03. The zero-order chi connectivity index (χ0) is 31.3. The number of hydrogen-bond donors (Lipinski definition) is 0. The fourth-order valence-corrected chi connectivity index (χ4v) is 6.43. The SMILES string of the molecule is CC(C)(C)c1cc(-c2ccccc2)c(-n2c(-c3coc4cc(-c5ccccc5)ccc34)nc3ccccc32)c(-c2ccccc2)c1. The van der Waals surface area contributed by atoms with Gasteiger partial charge in [0.25, 0.3) is 0 Å². The third-order valence-electron chi connectivity index (χ3n) is 8.85. The maximum Gasteiger partial charge on any atom is 0.149 e. The molecule has 2 aromatic heterocycles. The van der Waals surface area contributed by atoms with Gasteiger partial charge in [0.05, 0.1) is 22.3 Å². The van der Waals surface area contributed by atoms with Crippen LogP contribution in [-0.2, 0) is 5.41 Å². The van der Waals surface area contributed by atoms with E-state index in [0.29, 0.717) is 0 Å². The summed E-state index contributed by atoms with van der Waals surface area (Å²) in [4.78, 5) is 5.31. The van der Waals surface area contributed by atoms with Gasteiger partial charge in [0, 0.05) is 16.5 Å². The summed E-state index contributed by atoms with van der Waals surface area (Å²) in [5.41, 5.74) is 13.0. The topological polar surface area (TPSA) is 31.0 Å². The van der Waals surface area contributed by atoms with Gasteiger partial charge in [0.15, 0.2) is 0 Å². The molecule has 0 spiro atoms. The van der Waals surface area contributed by atoms with Crippen LogP contribution in [0.3, 0.4) is 0 Å². The number of hydrogen-bond acceptors (Lipinski definition) is 2. The zero-order valence-corrected chi connectivity index (χ0v) is 26.2. The molecule has 6 aromatic carbocycles. The first kappa shape index (κ1) is 27.8. The Morgan fingerprint density at radius 3 is 1.72 bits per heavy atom. The molecule has 8 aromatic rings. The van der Waals surface area contributed by atoms with Crippen molar-refractivity contribution in [2.24, 2.45) is 0 Å². The summed E-state index contributed by atoms with van der Waals surface area (Å²) in [6.45, 7) is 6.85. The van der Waals surface area contributed by atoms with Gasteiger partial charge in [0.1, 0.15) is 17.7 Å². The van der Waals surface area contributed by atoms with E-state index in [4.69, 9.17) is 9.40 Å². The van der Waals surface area contributed by atoms with Crippen molar-refractivity contribution in [3.8, 4) is 50.5 Å².